The lowest BCUT2D eigenvalue weighted by Crippen LogP contribution is -2.67. The maximum absolute atomic E-state index is 4.40. The van der Waals surface area contributed by atoms with E-state index in [1.54, 1.807) is 0 Å². The highest BCUT2D eigenvalue weighted by Gasteiger charge is 2.36. The number of nitrogens with zero attached hydrogens (tertiary/aromatic N) is 3. The van der Waals surface area contributed by atoms with Crippen LogP contribution in [0, 0.1) is 0 Å². The molecule has 70 valence electrons. The van der Waals surface area contributed by atoms with Crippen molar-refractivity contribution >= 4 is 5.82 Å². The van der Waals surface area contributed by atoms with E-state index in [0.717, 1.165) is 18.9 Å². The Morgan fingerprint density at radius 1 is 1.46 bits per heavy atom. The molecular formula is C9H14N4. The zero-order chi connectivity index (χ0) is 8.84. The highest BCUT2D eigenvalue weighted by molar-refractivity contribution is 5.39. The molecule has 2 bridgehead atoms. The van der Waals surface area contributed by atoms with E-state index in [-0.39, 0.29) is 0 Å². The molecule has 1 N–H and O–H groups in total. The summed E-state index contributed by atoms with van der Waals surface area (Å²) in [5, 5.41) is 7.91. The van der Waals surface area contributed by atoms with Crippen LogP contribution in [0.2, 0.25) is 0 Å². The minimum absolute atomic E-state index is 0.709. The minimum atomic E-state index is 0.709. The quantitative estimate of drug-likeness (QED) is 0.655. The number of hydrogen-bond donors (Lipinski definition) is 1. The molecule has 3 fully saturated rings. The molecule has 0 saturated carbocycles. The summed E-state index contributed by atoms with van der Waals surface area (Å²) < 4.78 is 1.86. The van der Waals surface area contributed by atoms with Crippen molar-refractivity contribution in [3.63, 3.8) is 0 Å². The number of anilines is 1. The Labute approximate surface area is 77.5 Å². The van der Waals surface area contributed by atoms with Crippen molar-refractivity contribution < 1.29 is 0 Å². The lowest BCUT2D eigenvalue weighted by atomic mass is 9.91. The van der Waals surface area contributed by atoms with Crippen LogP contribution in [0.5, 0.6) is 0 Å². The van der Waals surface area contributed by atoms with Crippen LogP contribution in [0.15, 0.2) is 12.3 Å². The Balaban J connectivity index is 1.79. The second-order valence-corrected chi connectivity index (χ2v) is 4.05. The predicted molar refractivity (Wildman–Crippen MR) is 50.7 cm³/mol. The molecule has 3 aliphatic heterocycles. The van der Waals surface area contributed by atoms with E-state index in [9.17, 15) is 0 Å². The average molecular weight is 178 g/mol. The van der Waals surface area contributed by atoms with E-state index < -0.39 is 0 Å². The van der Waals surface area contributed by atoms with Gasteiger partial charge in [0, 0.05) is 44.5 Å². The van der Waals surface area contributed by atoms with Gasteiger partial charge in [-0.3, -0.25) is 4.68 Å². The third-order valence-corrected chi connectivity index (χ3v) is 2.95. The molecule has 0 spiro atoms. The Morgan fingerprint density at radius 3 is 2.69 bits per heavy atom. The van der Waals surface area contributed by atoms with Crippen LogP contribution < -0.4 is 10.2 Å². The zero-order valence-corrected chi connectivity index (χ0v) is 7.77. The summed E-state index contributed by atoms with van der Waals surface area (Å²) in [5.41, 5.74) is 0. The van der Waals surface area contributed by atoms with Crippen LogP contribution in [0.3, 0.4) is 0 Å². The van der Waals surface area contributed by atoms with Gasteiger partial charge in [-0.2, -0.15) is 5.10 Å². The van der Waals surface area contributed by atoms with E-state index in [0.29, 0.717) is 12.1 Å². The van der Waals surface area contributed by atoms with Gasteiger partial charge in [-0.1, -0.05) is 0 Å². The van der Waals surface area contributed by atoms with Crippen molar-refractivity contribution in [2.75, 3.05) is 18.0 Å². The Bertz CT molecular complexity index is 303. The van der Waals surface area contributed by atoms with Crippen LogP contribution in [0.1, 0.15) is 6.42 Å². The van der Waals surface area contributed by atoms with Crippen LogP contribution in [0.25, 0.3) is 0 Å². The number of aryl methyl sites for hydroxylation is 1. The van der Waals surface area contributed by atoms with Crippen molar-refractivity contribution in [3.05, 3.63) is 12.3 Å². The fourth-order valence-corrected chi connectivity index (χ4v) is 2.27. The molecule has 3 aliphatic rings. The molecule has 0 amide bonds. The molecule has 4 heterocycles. The summed E-state index contributed by atoms with van der Waals surface area (Å²) >= 11 is 0. The average Bonchev–Trinajstić information content (AvgIpc) is 2.51. The number of rotatable bonds is 1. The standard InChI is InChI=1S/C9H14N4/c1-12-3-2-9(11-12)13-5-7-4-8(6-13)10-7/h2-3,7-8,10H,4-6H2,1H3. The molecule has 2 atom stereocenters. The van der Waals surface area contributed by atoms with Gasteiger partial charge in [0.05, 0.1) is 0 Å². The zero-order valence-electron chi connectivity index (χ0n) is 7.77. The summed E-state index contributed by atoms with van der Waals surface area (Å²) in [7, 11) is 1.96. The van der Waals surface area contributed by atoms with Gasteiger partial charge >= 0.3 is 0 Å². The van der Waals surface area contributed by atoms with Gasteiger partial charge in [0.15, 0.2) is 5.82 Å². The van der Waals surface area contributed by atoms with E-state index in [1.165, 1.54) is 6.42 Å². The fourth-order valence-electron chi connectivity index (χ4n) is 2.27. The van der Waals surface area contributed by atoms with Crippen LogP contribution in [-0.2, 0) is 7.05 Å². The second kappa shape index (κ2) is 2.48. The van der Waals surface area contributed by atoms with Crippen LogP contribution in [-0.4, -0.2) is 35.0 Å². The summed E-state index contributed by atoms with van der Waals surface area (Å²) in [6.45, 7) is 2.24. The number of piperidine rings is 1. The molecular weight excluding hydrogens is 164 g/mol. The summed E-state index contributed by atoms with van der Waals surface area (Å²) in [5.74, 6) is 1.12. The summed E-state index contributed by atoms with van der Waals surface area (Å²) in [6.07, 6.45) is 3.35. The third kappa shape index (κ3) is 1.13. The predicted octanol–water partition coefficient (Wildman–Crippen LogP) is -0.0294. The monoisotopic (exact) mass is 178 g/mol. The number of fused-ring (bicyclic) bond motifs is 2. The topological polar surface area (TPSA) is 33.1 Å². The van der Waals surface area contributed by atoms with E-state index >= 15 is 0 Å². The van der Waals surface area contributed by atoms with Gasteiger partial charge in [0.25, 0.3) is 0 Å². The van der Waals surface area contributed by atoms with E-state index in [4.69, 9.17) is 0 Å². The van der Waals surface area contributed by atoms with Gasteiger partial charge < -0.3 is 10.2 Å². The van der Waals surface area contributed by atoms with Gasteiger partial charge in [-0.15, -0.1) is 0 Å². The maximum atomic E-state index is 4.40. The normalized spacial score (nSPS) is 31.6. The molecule has 1 aromatic heterocycles. The largest absolute Gasteiger partial charge is 0.352 e. The van der Waals surface area contributed by atoms with Gasteiger partial charge in [-0.05, 0) is 6.42 Å². The lowest BCUT2D eigenvalue weighted by Gasteiger charge is -2.48. The van der Waals surface area contributed by atoms with Gasteiger partial charge in [-0.25, -0.2) is 0 Å². The van der Waals surface area contributed by atoms with Crippen molar-refractivity contribution in [1.82, 2.24) is 15.1 Å². The highest BCUT2D eigenvalue weighted by atomic mass is 15.4. The first kappa shape index (κ1) is 7.38. The Morgan fingerprint density at radius 2 is 2.15 bits per heavy atom. The Kier molecular flexibility index (Phi) is 1.41. The van der Waals surface area contributed by atoms with Crippen LogP contribution in [0.4, 0.5) is 5.82 Å². The molecule has 0 aliphatic carbocycles. The van der Waals surface area contributed by atoms with Crippen molar-refractivity contribution in [2.45, 2.75) is 18.5 Å². The van der Waals surface area contributed by atoms with Crippen molar-refractivity contribution in [3.8, 4) is 0 Å². The SMILES string of the molecule is Cn1ccc(N2CC3CC(C2)N3)n1. The number of piperazine rings is 1. The maximum Gasteiger partial charge on any atom is 0.150 e. The van der Waals surface area contributed by atoms with Gasteiger partial charge in [0.2, 0.25) is 0 Å². The third-order valence-electron chi connectivity index (χ3n) is 2.95. The van der Waals surface area contributed by atoms with Crippen LogP contribution >= 0.6 is 0 Å². The first-order valence-electron chi connectivity index (χ1n) is 4.82. The molecule has 1 aromatic rings. The molecule has 4 rings (SSSR count). The molecule has 4 nitrogen and oxygen atoms in total. The fraction of sp³-hybridized carbons (Fsp3) is 0.667. The summed E-state index contributed by atoms with van der Waals surface area (Å²) in [4.78, 5) is 2.37. The molecule has 2 unspecified atom stereocenters. The molecule has 3 saturated heterocycles. The smallest absolute Gasteiger partial charge is 0.150 e. The lowest BCUT2D eigenvalue weighted by molar-refractivity contribution is 0.225. The molecule has 13 heavy (non-hydrogen) atoms. The molecule has 0 radical (unpaired) electrons. The van der Waals surface area contributed by atoms with Crippen molar-refractivity contribution in [2.24, 2.45) is 7.05 Å². The number of aromatic nitrogens is 2. The Hall–Kier alpha value is -1.03. The van der Waals surface area contributed by atoms with E-state index in [1.807, 2.05) is 17.9 Å². The minimum Gasteiger partial charge on any atom is -0.352 e. The second-order valence-electron chi connectivity index (χ2n) is 4.05. The number of nitrogens with one attached hydrogen (secondary N) is 1. The van der Waals surface area contributed by atoms with Crippen molar-refractivity contribution in [1.29, 1.82) is 0 Å². The number of hydrogen-bond acceptors (Lipinski definition) is 3. The molecule has 0 aromatic carbocycles. The molecule has 4 heteroatoms. The van der Waals surface area contributed by atoms with Gasteiger partial charge in [0.1, 0.15) is 0 Å². The highest BCUT2D eigenvalue weighted by Crippen LogP contribution is 2.24. The summed E-state index contributed by atoms with van der Waals surface area (Å²) in [6, 6.07) is 3.51. The first-order valence-corrected chi connectivity index (χ1v) is 4.82. The van der Waals surface area contributed by atoms with E-state index in [2.05, 4.69) is 21.4 Å². The first-order chi connectivity index (χ1) is 6.31.